The first-order valence-electron chi connectivity index (χ1n) is 32.5. The Hall–Kier alpha value is -3.34. The van der Waals surface area contributed by atoms with Crippen LogP contribution in [0.15, 0.2) is 85.1 Å². The van der Waals surface area contributed by atoms with Crippen molar-refractivity contribution in [2.75, 3.05) is 26.4 Å². The Morgan fingerprint density at radius 3 is 1.00 bits per heavy atom. The summed E-state index contributed by atoms with van der Waals surface area (Å²) in [6.45, 7) is 4.43. The molecule has 80 heavy (non-hydrogen) atoms. The predicted molar refractivity (Wildman–Crippen MR) is 334 cm³/mol. The Balaban J connectivity index is 4.71. The van der Waals surface area contributed by atoms with Gasteiger partial charge in [0.15, 0.2) is 6.10 Å². The van der Waals surface area contributed by atoms with E-state index in [2.05, 4.69) is 106 Å². The van der Waals surface area contributed by atoms with Crippen molar-refractivity contribution < 1.29 is 52.2 Å². The lowest BCUT2D eigenvalue weighted by molar-refractivity contribution is -0.161. The number of carbonyl (C=O) groups is 3. The number of ether oxygens (including phenoxy) is 3. The molecule has 0 aromatic rings. The molecule has 0 amide bonds. The van der Waals surface area contributed by atoms with Crippen LogP contribution in [0.2, 0.25) is 0 Å². The first-order valence-corrected chi connectivity index (χ1v) is 34.0. The van der Waals surface area contributed by atoms with Crippen molar-refractivity contribution in [3.8, 4) is 0 Å². The second-order valence-electron chi connectivity index (χ2n) is 21.5. The van der Waals surface area contributed by atoms with E-state index in [0.717, 1.165) is 122 Å². The van der Waals surface area contributed by atoms with E-state index in [1.165, 1.54) is 109 Å². The fraction of sp³-hybridized carbons (Fsp3) is 0.750. The molecular formula is C68H119O11P. The van der Waals surface area contributed by atoms with E-state index in [9.17, 15) is 28.9 Å². The highest BCUT2D eigenvalue weighted by Crippen LogP contribution is 2.43. The molecule has 0 bridgehead atoms. The quantitative estimate of drug-likeness (QED) is 0.0197. The topological polar surface area (TPSA) is 155 Å². The molecule has 3 atom stereocenters. The summed E-state index contributed by atoms with van der Waals surface area (Å²) in [5.41, 5.74) is 0. The predicted octanol–water partition coefficient (Wildman–Crippen LogP) is 19.8. The van der Waals surface area contributed by atoms with Gasteiger partial charge in [-0.1, -0.05) is 266 Å². The summed E-state index contributed by atoms with van der Waals surface area (Å²) in [4.78, 5) is 48.8. The van der Waals surface area contributed by atoms with Gasteiger partial charge in [-0.05, 0) is 89.9 Å². The van der Waals surface area contributed by atoms with Gasteiger partial charge >= 0.3 is 25.7 Å². The Labute approximate surface area is 490 Å². The van der Waals surface area contributed by atoms with Crippen molar-refractivity contribution in [3.63, 3.8) is 0 Å². The zero-order chi connectivity index (χ0) is 58.3. The summed E-state index contributed by atoms with van der Waals surface area (Å²) in [6, 6.07) is 0. The van der Waals surface area contributed by atoms with Gasteiger partial charge < -0.3 is 24.2 Å². The standard InChI is InChI=1S/C68H119O11P/c1-4-7-10-13-16-19-22-25-28-31-32-35-36-39-42-45-48-51-54-57-66(70)75-61-65(79-68(72)59-56-53-50-47-44-41-38-34-30-27-24-21-18-15-12-9-6-3)63-77-80(73,74)76-62-64(60-69)78-67(71)58-55-52-49-46-43-40-37-33-29-26-23-20-17-14-11-8-5-2/h8-9,11-12,17-18,20-21,26-27,29-30,38,41,64-65,69H,4-7,10,13-16,19,22-25,28,31-37,39-40,42-63H2,1-3H3,(H,73,74)/b11-8-,12-9-,20-17-,21-18-,29-26-,30-27-,41-38-. The van der Waals surface area contributed by atoms with Crippen LogP contribution in [0.25, 0.3) is 0 Å². The van der Waals surface area contributed by atoms with Gasteiger partial charge in [0.2, 0.25) is 0 Å². The van der Waals surface area contributed by atoms with Gasteiger partial charge in [-0.25, -0.2) is 4.57 Å². The van der Waals surface area contributed by atoms with E-state index >= 15 is 0 Å². The summed E-state index contributed by atoms with van der Waals surface area (Å²) in [6.07, 6.45) is 72.5. The number of aliphatic hydroxyl groups is 1. The molecule has 0 saturated heterocycles. The fourth-order valence-corrected chi connectivity index (χ4v) is 9.74. The highest BCUT2D eigenvalue weighted by atomic mass is 31.2. The van der Waals surface area contributed by atoms with E-state index < -0.39 is 57.8 Å². The SMILES string of the molecule is CC/C=C\C/C=C\C/C=C\C/C=C\CCCCCCC(=O)OC(COC(=O)CCCCCCCCCCCCCCCCCCCCC)COP(=O)(O)OCC(CO)OC(=O)CCCCCCCCC/C=C\C/C=C\C/C=C\CC. The smallest absolute Gasteiger partial charge is 0.462 e. The Morgan fingerprint density at radius 1 is 0.362 bits per heavy atom. The number of carbonyl (C=O) groups excluding carboxylic acids is 3. The van der Waals surface area contributed by atoms with E-state index in [-0.39, 0.29) is 25.9 Å². The number of aliphatic hydroxyl groups excluding tert-OH is 1. The highest BCUT2D eigenvalue weighted by molar-refractivity contribution is 7.47. The van der Waals surface area contributed by atoms with Crippen LogP contribution in [0, 0.1) is 0 Å². The van der Waals surface area contributed by atoms with Gasteiger partial charge in [-0.2, -0.15) is 0 Å². The van der Waals surface area contributed by atoms with Gasteiger partial charge in [-0.3, -0.25) is 23.4 Å². The molecular weight excluding hydrogens is 1020 g/mol. The summed E-state index contributed by atoms with van der Waals surface area (Å²) >= 11 is 0. The van der Waals surface area contributed by atoms with Gasteiger partial charge in [0.1, 0.15) is 12.7 Å². The van der Waals surface area contributed by atoms with Crippen molar-refractivity contribution in [3.05, 3.63) is 85.1 Å². The molecule has 0 aromatic carbocycles. The minimum absolute atomic E-state index is 0.138. The zero-order valence-electron chi connectivity index (χ0n) is 51.3. The minimum Gasteiger partial charge on any atom is -0.462 e. The molecule has 2 N–H and O–H groups in total. The van der Waals surface area contributed by atoms with Crippen LogP contribution in [0.4, 0.5) is 0 Å². The van der Waals surface area contributed by atoms with E-state index in [4.69, 9.17) is 23.3 Å². The van der Waals surface area contributed by atoms with Crippen molar-refractivity contribution in [1.82, 2.24) is 0 Å². The van der Waals surface area contributed by atoms with Crippen LogP contribution in [-0.4, -0.2) is 66.5 Å². The summed E-state index contributed by atoms with van der Waals surface area (Å²) in [5, 5.41) is 9.86. The van der Waals surface area contributed by atoms with Crippen LogP contribution in [0.1, 0.15) is 290 Å². The first kappa shape index (κ1) is 76.7. The lowest BCUT2D eigenvalue weighted by Gasteiger charge is -2.21. The number of phosphoric acid groups is 1. The fourth-order valence-electron chi connectivity index (χ4n) is 8.95. The summed E-state index contributed by atoms with van der Waals surface area (Å²) in [5.74, 6) is -1.49. The third kappa shape index (κ3) is 59.3. The van der Waals surface area contributed by atoms with Crippen LogP contribution >= 0.6 is 7.82 Å². The normalized spacial score (nSPS) is 13.8. The first-order chi connectivity index (χ1) is 39.2. The lowest BCUT2D eigenvalue weighted by atomic mass is 10.0. The number of unbranched alkanes of at least 4 members (excludes halogenated alkanes) is 29. The van der Waals surface area contributed by atoms with Gasteiger partial charge in [0, 0.05) is 19.3 Å². The molecule has 0 saturated carbocycles. The van der Waals surface area contributed by atoms with E-state index in [0.29, 0.717) is 19.3 Å². The molecule has 0 aliphatic heterocycles. The molecule has 0 fully saturated rings. The number of esters is 3. The Morgan fingerprint density at radius 2 is 0.650 bits per heavy atom. The number of allylic oxidation sites excluding steroid dienone is 14. The molecule has 0 aromatic heterocycles. The number of hydrogen-bond acceptors (Lipinski definition) is 10. The maximum Gasteiger partial charge on any atom is 0.472 e. The van der Waals surface area contributed by atoms with Crippen molar-refractivity contribution in [1.29, 1.82) is 0 Å². The largest absolute Gasteiger partial charge is 0.472 e. The van der Waals surface area contributed by atoms with E-state index in [1.54, 1.807) is 0 Å². The van der Waals surface area contributed by atoms with Crippen LogP contribution in [0.3, 0.4) is 0 Å². The molecule has 0 aliphatic carbocycles. The molecule has 462 valence electrons. The number of phosphoric ester groups is 1. The average molecular weight is 1140 g/mol. The molecule has 0 heterocycles. The molecule has 12 heteroatoms. The second-order valence-corrected chi connectivity index (χ2v) is 23.0. The van der Waals surface area contributed by atoms with Gasteiger partial charge in [0.25, 0.3) is 0 Å². The summed E-state index contributed by atoms with van der Waals surface area (Å²) < 4.78 is 39.7. The van der Waals surface area contributed by atoms with Crippen molar-refractivity contribution >= 4 is 25.7 Å². The van der Waals surface area contributed by atoms with Crippen molar-refractivity contribution in [2.24, 2.45) is 0 Å². The minimum atomic E-state index is -4.77. The molecule has 0 radical (unpaired) electrons. The van der Waals surface area contributed by atoms with Crippen LogP contribution in [-0.2, 0) is 42.2 Å². The van der Waals surface area contributed by atoms with Gasteiger partial charge in [0.05, 0.1) is 19.8 Å². The monoisotopic (exact) mass is 1140 g/mol. The van der Waals surface area contributed by atoms with Crippen LogP contribution < -0.4 is 0 Å². The number of hydrogen-bond donors (Lipinski definition) is 2. The Bertz CT molecular complexity index is 1670. The number of rotatable bonds is 60. The average Bonchev–Trinajstić information content (AvgIpc) is 3.45. The second kappa shape index (κ2) is 61.7. The molecule has 11 nitrogen and oxygen atoms in total. The maximum atomic E-state index is 13.0. The molecule has 0 spiro atoms. The van der Waals surface area contributed by atoms with Crippen LogP contribution in [0.5, 0.6) is 0 Å². The van der Waals surface area contributed by atoms with E-state index in [1.807, 2.05) is 0 Å². The summed E-state index contributed by atoms with van der Waals surface area (Å²) in [7, 11) is -4.77. The van der Waals surface area contributed by atoms with Gasteiger partial charge in [-0.15, -0.1) is 0 Å². The molecule has 0 aliphatic rings. The molecule has 3 unspecified atom stereocenters. The molecule has 0 rings (SSSR count). The third-order valence-corrected chi connectivity index (χ3v) is 14.8. The zero-order valence-corrected chi connectivity index (χ0v) is 52.2. The third-order valence-electron chi connectivity index (χ3n) is 13.8. The Kier molecular flexibility index (Phi) is 59.1. The van der Waals surface area contributed by atoms with Crippen molar-refractivity contribution in [2.45, 2.75) is 303 Å². The maximum absolute atomic E-state index is 13.0. The highest BCUT2D eigenvalue weighted by Gasteiger charge is 2.28. The lowest BCUT2D eigenvalue weighted by Crippen LogP contribution is -2.30.